The van der Waals surface area contributed by atoms with E-state index in [1.807, 2.05) is 28.8 Å². The summed E-state index contributed by atoms with van der Waals surface area (Å²) in [7, 11) is 0. The van der Waals surface area contributed by atoms with Crippen LogP contribution < -0.4 is 10.2 Å². The molecular weight excluding hydrogens is 471 g/mol. The van der Waals surface area contributed by atoms with E-state index in [1.54, 1.807) is 0 Å². The van der Waals surface area contributed by atoms with E-state index in [-0.39, 0.29) is 34.6 Å². The van der Waals surface area contributed by atoms with Gasteiger partial charge < -0.3 is 15.1 Å². The number of guanidine groups is 1. The summed E-state index contributed by atoms with van der Waals surface area (Å²) in [6.07, 6.45) is 1.63. The maximum Gasteiger partial charge on any atom is 0.227 e. The summed E-state index contributed by atoms with van der Waals surface area (Å²) >= 11 is 2.03. The van der Waals surface area contributed by atoms with Gasteiger partial charge in [0.25, 0.3) is 0 Å². The molecule has 0 aliphatic carbocycles. The van der Waals surface area contributed by atoms with Gasteiger partial charge in [0, 0.05) is 48.8 Å². The number of nitrogens with zero attached hydrogens (tertiary/aromatic N) is 3. The lowest BCUT2D eigenvalue weighted by molar-refractivity contribution is -0.117. The molecule has 1 amide bonds. The fourth-order valence-corrected chi connectivity index (χ4v) is 4.60. The fraction of sp³-hybridized carbons (Fsp3) is 0.600. The molecule has 0 radical (unpaired) electrons. The standard InChI is InChI=1S/C20H30N4OS.HI/c1-4-21-19(23-12-13-26-20(2,3)15-23)22-14-16-7-9-17(10-8-16)24-11-5-6-18(24)25;/h7-10H,4-6,11-15H2,1-3H3,(H,21,22);1H. The Morgan fingerprint density at radius 3 is 2.59 bits per heavy atom. The molecule has 0 saturated carbocycles. The number of hydrogen-bond donors (Lipinski definition) is 1. The molecule has 2 aliphatic heterocycles. The summed E-state index contributed by atoms with van der Waals surface area (Å²) in [6, 6.07) is 8.26. The maximum absolute atomic E-state index is 11.9. The summed E-state index contributed by atoms with van der Waals surface area (Å²) in [4.78, 5) is 21.0. The summed E-state index contributed by atoms with van der Waals surface area (Å²) in [5.74, 6) is 2.37. The topological polar surface area (TPSA) is 47.9 Å². The number of hydrogen-bond acceptors (Lipinski definition) is 3. The smallest absolute Gasteiger partial charge is 0.227 e. The Morgan fingerprint density at radius 2 is 2.00 bits per heavy atom. The number of aliphatic imine (C=N–C) groups is 1. The van der Waals surface area contributed by atoms with Gasteiger partial charge in [-0.1, -0.05) is 12.1 Å². The van der Waals surface area contributed by atoms with Crippen molar-refractivity contribution >= 4 is 53.3 Å². The molecule has 0 bridgehead atoms. The van der Waals surface area contributed by atoms with E-state index in [1.165, 1.54) is 5.56 Å². The Balaban J connectivity index is 0.00000261. The predicted octanol–water partition coefficient (Wildman–Crippen LogP) is 3.72. The summed E-state index contributed by atoms with van der Waals surface area (Å²) in [6.45, 7) is 11.1. The molecule has 2 fully saturated rings. The van der Waals surface area contributed by atoms with E-state index in [0.717, 1.165) is 50.0 Å². The molecule has 1 aromatic carbocycles. The van der Waals surface area contributed by atoms with Crippen LogP contribution in [-0.2, 0) is 11.3 Å². The van der Waals surface area contributed by atoms with Crippen LogP contribution in [0.5, 0.6) is 0 Å². The molecule has 1 aromatic rings. The van der Waals surface area contributed by atoms with Crippen molar-refractivity contribution < 1.29 is 4.79 Å². The molecular formula is C20H31IN4OS. The van der Waals surface area contributed by atoms with Gasteiger partial charge in [0.2, 0.25) is 5.91 Å². The summed E-state index contributed by atoms with van der Waals surface area (Å²) < 4.78 is 0.262. The number of amides is 1. The van der Waals surface area contributed by atoms with Gasteiger partial charge in [-0.15, -0.1) is 24.0 Å². The predicted molar refractivity (Wildman–Crippen MR) is 126 cm³/mol. The third-order valence-corrected chi connectivity index (χ3v) is 6.09. The quantitative estimate of drug-likeness (QED) is 0.388. The van der Waals surface area contributed by atoms with Crippen LogP contribution in [-0.4, -0.2) is 53.4 Å². The summed E-state index contributed by atoms with van der Waals surface area (Å²) in [5, 5.41) is 3.44. The average molecular weight is 502 g/mol. The normalized spacial score (nSPS) is 19.8. The average Bonchev–Trinajstić information content (AvgIpc) is 3.04. The largest absolute Gasteiger partial charge is 0.357 e. The number of anilines is 1. The Morgan fingerprint density at radius 1 is 1.26 bits per heavy atom. The third-order valence-electron chi connectivity index (χ3n) is 4.79. The number of thioether (sulfide) groups is 1. The molecule has 0 aromatic heterocycles. The molecule has 5 nitrogen and oxygen atoms in total. The Labute approximate surface area is 184 Å². The van der Waals surface area contributed by atoms with Crippen LogP contribution in [0.2, 0.25) is 0 Å². The van der Waals surface area contributed by atoms with Gasteiger partial charge in [0.05, 0.1) is 6.54 Å². The van der Waals surface area contributed by atoms with Crippen molar-refractivity contribution in [1.82, 2.24) is 10.2 Å². The number of carbonyl (C=O) groups is 1. The van der Waals surface area contributed by atoms with Gasteiger partial charge in [0.15, 0.2) is 5.96 Å². The van der Waals surface area contributed by atoms with Gasteiger partial charge in [-0.2, -0.15) is 11.8 Å². The third kappa shape index (κ3) is 6.01. The molecule has 0 spiro atoms. The zero-order valence-corrected chi connectivity index (χ0v) is 19.7. The second kappa shape index (κ2) is 10.0. The number of halogens is 1. The lowest BCUT2D eigenvalue weighted by atomic mass is 10.2. The Hall–Kier alpha value is -0.960. The lowest BCUT2D eigenvalue weighted by Crippen LogP contribution is -2.50. The van der Waals surface area contributed by atoms with Gasteiger partial charge >= 0.3 is 0 Å². The van der Waals surface area contributed by atoms with Crippen molar-refractivity contribution in [2.45, 2.75) is 44.9 Å². The second-order valence-electron chi connectivity index (χ2n) is 7.52. The molecule has 1 N–H and O–H groups in total. The number of rotatable bonds is 4. The minimum absolute atomic E-state index is 0. The van der Waals surface area contributed by atoms with Crippen LogP contribution >= 0.6 is 35.7 Å². The molecule has 150 valence electrons. The highest BCUT2D eigenvalue weighted by molar-refractivity contribution is 14.0. The molecule has 2 saturated heterocycles. The lowest BCUT2D eigenvalue weighted by Gasteiger charge is -2.39. The number of carbonyl (C=O) groups excluding carboxylic acids is 1. The SMILES string of the molecule is CCNC(=NCc1ccc(N2CCCC2=O)cc1)N1CCSC(C)(C)C1.I. The van der Waals surface area contributed by atoms with Crippen molar-refractivity contribution in [1.29, 1.82) is 0 Å². The highest BCUT2D eigenvalue weighted by atomic mass is 127. The van der Waals surface area contributed by atoms with Crippen LogP contribution in [0.3, 0.4) is 0 Å². The first kappa shape index (κ1) is 22.3. The van der Waals surface area contributed by atoms with Gasteiger partial charge in [-0.25, -0.2) is 4.99 Å². The fourth-order valence-electron chi connectivity index (χ4n) is 3.49. The molecule has 0 unspecified atom stereocenters. The van der Waals surface area contributed by atoms with Crippen molar-refractivity contribution in [3.05, 3.63) is 29.8 Å². The van der Waals surface area contributed by atoms with Crippen molar-refractivity contribution in [2.75, 3.05) is 36.8 Å². The second-order valence-corrected chi connectivity index (χ2v) is 9.32. The van der Waals surface area contributed by atoms with Gasteiger partial charge in [-0.05, 0) is 44.9 Å². The maximum atomic E-state index is 11.9. The zero-order chi connectivity index (χ0) is 18.6. The molecule has 7 heteroatoms. The zero-order valence-electron chi connectivity index (χ0n) is 16.5. The minimum atomic E-state index is 0. The highest BCUT2D eigenvalue weighted by Gasteiger charge is 2.28. The van der Waals surface area contributed by atoms with Crippen LogP contribution in [0.15, 0.2) is 29.3 Å². The van der Waals surface area contributed by atoms with E-state index in [9.17, 15) is 4.79 Å². The Kier molecular flexibility index (Phi) is 8.27. The highest BCUT2D eigenvalue weighted by Crippen LogP contribution is 2.29. The first-order valence-electron chi connectivity index (χ1n) is 9.55. The van der Waals surface area contributed by atoms with Gasteiger partial charge in [-0.3, -0.25) is 4.79 Å². The van der Waals surface area contributed by atoms with E-state index < -0.39 is 0 Å². The van der Waals surface area contributed by atoms with E-state index in [2.05, 4.69) is 43.1 Å². The van der Waals surface area contributed by atoms with Crippen LogP contribution in [0, 0.1) is 0 Å². The monoisotopic (exact) mass is 502 g/mol. The minimum Gasteiger partial charge on any atom is -0.357 e. The van der Waals surface area contributed by atoms with Crippen molar-refractivity contribution in [2.24, 2.45) is 4.99 Å². The Bertz CT molecular complexity index is 662. The summed E-state index contributed by atoms with van der Waals surface area (Å²) in [5.41, 5.74) is 2.17. The van der Waals surface area contributed by atoms with Crippen LogP contribution in [0.1, 0.15) is 39.2 Å². The van der Waals surface area contributed by atoms with E-state index in [4.69, 9.17) is 4.99 Å². The first-order valence-corrected chi connectivity index (χ1v) is 10.5. The molecule has 3 rings (SSSR count). The molecule has 2 heterocycles. The van der Waals surface area contributed by atoms with Crippen molar-refractivity contribution in [3.8, 4) is 0 Å². The number of nitrogens with one attached hydrogen (secondary N) is 1. The van der Waals surface area contributed by atoms with E-state index >= 15 is 0 Å². The first-order chi connectivity index (χ1) is 12.5. The van der Waals surface area contributed by atoms with Crippen LogP contribution in [0.25, 0.3) is 0 Å². The number of benzene rings is 1. The molecule has 2 aliphatic rings. The van der Waals surface area contributed by atoms with Crippen LogP contribution in [0.4, 0.5) is 5.69 Å². The van der Waals surface area contributed by atoms with Gasteiger partial charge in [0.1, 0.15) is 0 Å². The molecule has 0 atom stereocenters. The molecule has 27 heavy (non-hydrogen) atoms. The van der Waals surface area contributed by atoms with E-state index in [0.29, 0.717) is 13.0 Å². The van der Waals surface area contributed by atoms with Crippen molar-refractivity contribution in [3.63, 3.8) is 0 Å².